The van der Waals surface area contributed by atoms with Crippen molar-refractivity contribution in [1.29, 1.82) is 0 Å². The number of nitro groups is 1. The van der Waals surface area contributed by atoms with Gasteiger partial charge >= 0.3 is 5.97 Å². The summed E-state index contributed by atoms with van der Waals surface area (Å²) in [5.41, 5.74) is 2.10. The van der Waals surface area contributed by atoms with Crippen LogP contribution in [0.1, 0.15) is 16.7 Å². The monoisotopic (exact) mass is 400 g/mol. The molecule has 2 rings (SSSR count). The molecule has 1 N–H and O–H groups in total. The van der Waals surface area contributed by atoms with Gasteiger partial charge in [0.05, 0.1) is 4.92 Å². The predicted molar refractivity (Wildman–Crippen MR) is 109 cm³/mol. The Morgan fingerprint density at radius 3 is 2.46 bits per heavy atom. The van der Waals surface area contributed by atoms with E-state index < -0.39 is 23.4 Å². The molecule has 0 heterocycles. The Balaban J connectivity index is 1.95. The highest BCUT2D eigenvalue weighted by molar-refractivity contribution is 7.98. The highest BCUT2D eigenvalue weighted by Crippen LogP contribution is 2.30. The van der Waals surface area contributed by atoms with E-state index in [9.17, 15) is 19.7 Å². The first-order chi connectivity index (χ1) is 13.3. The second-order valence-electron chi connectivity index (χ2n) is 5.92. The standard InChI is InChI=1S/C20H20N2O5S/c1-13-4-10-17(22(25)26)20(14(13)2)21-18(23)12-27-19(24)11-7-15-5-8-16(28-3)9-6-15/h4-11H,12H2,1-3H3,(H,21,23)/b11-7+. The Bertz CT molecular complexity index is 923. The number of nitro benzene ring substituents is 1. The smallest absolute Gasteiger partial charge is 0.331 e. The first-order valence-electron chi connectivity index (χ1n) is 8.35. The lowest BCUT2D eigenvalue weighted by Crippen LogP contribution is -2.21. The van der Waals surface area contributed by atoms with Crippen LogP contribution in [0.15, 0.2) is 47.4 Å². The number of nitrogens with zero attached hydrogens (tertiary/aromatic N) is 1. The highest BCUT2D eigenvalue weighted by atomic mass is 32.2. The molecule has 0 aliphatic rings. The summed E-state index contributed by atoms with van der Waals surface area (Å²) in [4.78, 5) is 35.5. The molecule has 0 aliphatic heterocycles. The van der Waals surface area contributed by atoms with Crippen molar-refractivity contribution in [3.8, 4) is 0 Å². The minimum absolute atomic E-state index is 0.107. The average Bonchev–Trinajstić information content (AvgIpc) is 2.68. The number of nitrogens with one attached hydrogen (secondary N) is 1. The number of thioether (sulfide) groups is 1. The number of aryl methyl sites for hydroxylation is 1. The third kappa shape index (κ3) is 5.68. The van der Waals surface area contributed by atoms with Crippen molar-refractivity contribution in [2.24, 2.45) is 0 Å². The molecule has 0 aromatic heterocycles. The molecule has 0 saturated carbocycles. The number of esters is 1. The summed E-state index contributed by atoms with van der Waals surface area (Å²) in [5.74, 6) is -1.33. The number of ether oxygens (including phenoxy) is 1. The predicted octanol–water partition coefficient (Wildman–Crippen LogP) is 4.13. The van der Waals surface area contributed by atoms with Crippen molar-refractivity contribution < 1.29 is 19.2 Å². The van der Waals surface area contributed by atoms with E-state index in [0.717, 1.165) is 16.0 Å². The maximum atomic E-state index is 12.1. The van der Waals surface area contributed by atoms with Gasteiger partial charge in [-0.2, -0.15) is 0 Å². The molecule has 0 radical (unpaired) electrons. The lowest BCUT2D eigenvalue weighted by molar-refractivity contribution is -0.384. The van der Waals surface area contributed by atoms with Crippen LogP contribution in [-0.2, 0) is 14.3 Å². The van der Waals surface area contributed by atoms with E-state index >= 15 is 0 Å². The van der Waals surface area contributed by atoms with Crippen molar-refractivity contribution in [3.05, 3.63) is 69.3 Å². The van der Waals surface area contributed by atoms with Gasteiger partial charge in [-0.25, -0.2) is 4.79 Å². The van der Waals surface area contributed by atoms with E-state index in [1.807, 2.05) is 30.5 Å². The molecule has 146 valence electrons. The maximum absolute atomic E-state index is 12.1. The molecule has 0 bridgehead atoms. The molecule has 8 heteroatoms. The molecule has 0 unspecified atom stereocenters. The summed E-state index contributed by atoms with van der Waals surface area (Å²) < 4.78 is 4.90. The van der Waals surface area contributed by atoms with Crippen LogP contribution in [0.25, 0.3) is 6.08 Å². The summed E-state index contributed by atoms with van der Waals surface area (Å²) >= 11 is 1.62. The van der Waals surface area contributed by atoms with E-state index in [4.69, 9.17) is 4.74 Å². The normalized spacial score (nSPS) is 10.7. The van der Waals surface area contributed by atoms with Gasteiger partial charge < -0.3 is 10.1 Å². The third-order valence-corrected chi connectivity index (χ3v) is 4.79. The molecule has 28 heavy (non-hydrogen) atoms. The van der Waals surface area contributed by atoms with Crippen LogP contribution in [0.2, 0.25) is 0 Å². The van der Waals surface area contributed by atoms with E-state index in [0.29, 0.717) is 5.56 Å². The Kier molecular flexibility index (Phi) is 7.34. The largest absolute Gasteiger partial charge is 0.452 e. The van der Waals surface area contributed by atoms with Crippen LogP contribution in [-0.4, -0.2) is 29.7 Å². The van der Waals surface area contributed by atoms with Gasteiger partial charge in [0.25, 0.3) is 11.6 Å². The van der Waals surface area contributed by atoms with E-state index in [1.54, 1.807) is 37.8 Å². The van der Waals surface area contributed by atoms with Crippen molar-refractivity contribution in [2.45, 2.75) is 18.7 Å². The third-order valence-electron chi connectivity index (χ3n) is 4.05. The highest BCUT2D eigenvalue weighted by Gasteiger charge is 2.19. The Morgan fingerprint density at radius 1 is 1.18 bits per heavy atom. The number of hydrogen-bond acceptors (Lipinski definition) is 6. The molecule has 7 nitrogen and oxygen atoms in total. The van der Waals surface area contributed by atoms with E-state index in [2.05, 4.69) is 5.32 Å². The molecule has 0 saturated heterocycles. The van der Waals surface area contributed by atoms with Gasteiger partial charge in [-0.3, -0.25) is 14.9 Å². The summed E-state index contributed by atoms with van der Waals surface area (Å²) in [6.07, 6.45) is 4.78. The van der Waals surface area contributed by atoms with Crippen molar-refractivity contribution in [2.75, 3.05) is 18.2 Å². The van der Waals surface area contributed by atoms with Crippen LogP contribution in [0, 0.1) is 24.0 Å². The van der Waals surface area contributed by atoms with Crippen LogP contribution < -0.4 is 5.32 Å². The van der Waals surface area contributed by atoms with Crippen LogP contribution in [0.5, 0.6) is 0 Å². The van der Waals surface area contributed by atoms with Crippen molar-refractivity contribution >= 4 is 41.1 Å². The molecule has 0 fully saturated rings. The number of benzene rings is 2. The number of anilines is 1. The number of carbonyl (C=O) groups excluding carboxylic acids is 2. The number of carbonyl (C=O) groups is 2. The zero-order valence-corrected chi connectivity index (χ0v) is 16.5. The summed E-state index contributed by atoms with van der Waals surface area (Å²) in [5, 5.41) is 13.6. The topological polar surface area (TPSA) is 98.5 Å². The fraction of sp³-hybridized carbons (Fsp3) is 0.200. The zero-order chi connectivity index (χ0) is 20.7. The van der Waals surface area contributed by atoms with E-state index in [-0.39, 0.29) is 11.4 Å². The Labute approximate surface area is 166 Å². The summed E-state index contributed by atoms with van der Waals surface area (Å²) in [7, 11) is 0. The molecule has 0 atom stereocenters. The van der Waals surface area contributed by atoms with Gasteiger partial charge in [0, 0.05) is 17.0 Å². The lowest BCUT2D eigenvalue weighted by Gasteiger charge is -2.11. The molecule has 0 aliphatic carbocycles. The average molecular weight is 400 g/mol. The number of rotatable bonds is 7. The molecule has 1 amide bonds. The SMILES string of the molecule is CSc1ccc(/C=C/C(=O)OCC(=O)Nc2c([N+](=O)[O-])ccc(C)c2C)cc1. The summed E-state index contributed by atoms with van der Waals surface area (Å²) in [6.45, 7) is 2.92. The molecule has 2 aromatic carbocycles. The Hall–Kier alpha value is -3.13. The number of amides is 1. The quantitative estimate of drug-likeness (QED) is 0.247. The second-order valence-corrected chi connectivity index (χ2v) is 6.80. The Morgan fingerprint density at radius 2 is 1.86 bits per heavy atom. The molecular formula is C20H20N2O5S. The minimum Gasteiger partial charge on any atom is -0.452 e. The summed E-state index contributed by atoms with van der Waals surface area (Å²) in [6, 6.07) is 10.5. The number of hydrogen-bond donors (Lipinski definition) is 1. The van der Waals surface area contributed by atoms with Crippen molar-refractivity contribution in [3.63, 3.8) is 0 Å². The molecular weight excluding hydrogens is 380 g/mol. The lowest BCUT2D eigenvalue weighted by atomic mass is 10.1. The van der Waals surface area contributed by atoms with Crippen LogP contribution in [0.3, 0.4) is 0 Å². The van der Waals surface area contributed by atoms with Gasteiger partial charge in [-0.05, 0) is 55.0 Å². The minimum atomic E-state index is -0.681. The molecule has 0 spiro atoms. The second kappa shape index (κ2) is 9.70. The first-order valence-corrected chi connectivity index (χ1v) is 9.57. The first kappa shape index (κ1) is 21.2. The zero-order valence-electron chi connectivity index (χ0n) is 15.7. The molecule has 2 aromatic rings. The van der Waals surface area contributed by atoms with Gasteiger partial charge in [-0.1, -0.05) is 18.2 Å². The van der Waals surface area contributed by atoms with Crippen molar-refractivity contribution in [1.82, 2.24) is 0 Å². The van der Waals surface area contributed by atoms with Gasteiger partial charge in [-0.15, -0.1) is 11.8 Å². The fourth-order valence-corrected chi connectivity index (χ4v) is 2.76. The van der Waals surface area contributed by atoms with Gasteiger partial charge in [0.1, 0.15) is 5.69 Å². The van der Waals surface area contributed by atoms with Gasteiger partial charge in [0.15, 0.2) is 6.61 Å². The maximum Gasteiger partial charge on any atom is 0.331 e. The van der Waals surface area contributed by atoms with Crippen LogP contribution >= 0.6 is 11.8 Å². The van der Waals surface area contributed by atoms with Gasteiger partial charge in [0.2, 0.25) is 0 Å². The van der Waals surface area contributed by atoms with E-state index in [1.165, 1.54) is 12.1 Å². The van der Waals surface area contributed by atoms with Crippen LogP contribution in [0.4, 0.5) is 11.4 Å². The fourth-order valence-electron chi connectivity index (χ4n) is 2.35.